The van der Waals surface area contributed by atoms with Crippen molar-refractivity contribution >= 4 is 22.6 Å². The molecule has 0 radical (unpaired) electrons. The van der Waals surface area contributed by atoms with E-state index in [1.807, 2.05) is 42.5 Å². The van der Waals surface area contributed by atoms with Crippen molar-refractivity contribution in [3.63, 3.8) is 0 Å². The van der Waals surface area contributed by atoms with E-state index < -0.39 is 12.7 Å². The fourth-order valence-corrected chi connectivity index (χ4v) is 4.17. The van der Waals surface area contributed by atoms with E-state index in [2.05, 4.69) is 27.5 Å². The van der Waals surface area contributed by atoms with Gasteiger partial charge in [-0.1, -0.05) is 30.3 Å². The highest BCUT2D eigenvalue weighted by Crippen LogP contribution is 2.35. The second-order valence-corrected chi connectivity index (χ2v) is 8.21. The number of hydrogen-bond donors (Lipinski definition) is 0. The van der Waals surface area contributed by atoms with E-state index in [-0.39, 0.29) is 0 Å². The molecule has 0 unspecified atom stereocenters. The van der Waals surface area contributed by atoms with Gasteiger partial charge in [-0.15, -0.1) is 0 Å². The Morgan fingerprint density at radius 1 is 0.966 bits per heavy atom. The van der Waals surface area contributed by atoms with Gasteiger partial charge in [0.2, 0.25) is 0 Å². The zero-order valence-corrected chi connectivity index (χ0v) is 18.4. The summed E-state index contributed by atoms with van der Waals surface area (Å²) in [6, 6.07) is 13.9. The van der Waals surface area contributed by atoms with E-state index in [0.717, 1.165) is 14.7 Å². The molecule has 1 aliphatic rings. The fraction of sp³-hybridized carbons (Fsp3) is 0.429. The monoisotopic (exact) mass is 520 g/mol. The average Bonchev–Trinajstić information content (AvgIpc) is 2.68. The predicted octanol–water partition coefficient (Wildman–Crippen LogP) is 4.56. The molecule has 0 aliphatic carbocycles. The van der Waals surface area contributed by atoms with Crippen molar-refractivity contribution in [1.82, 2.24) is 9.80 Å². The molecule has 0 bridgehead atoms. The second kappa shape index (κ2) is 9.99. The van der Waals surface area contributed by atoms with Crippen molar-refractivity contribution in [3.05, 3.63) is 57.2 Å². The number of piperazine rings is 1. The predicted molar refractivity (Wildman–Crippen MR) is 114 cm³/mol. The van der Waals surface area contributed by atoms with E-state index >= 15 is 0 Å². The van der Waals surface area contributed by atoms with Crippen molar-refractivity contribution in [1.29, 1.82) is 0 Å². The Morgan fingerprint density at radius 3 is 2.24 bits per heavy atom. The lowest BCUT2D eigenvalue weighted by atomic mass is 10.1. The summed E-state index contributed by atoms with van der Waals surface area (Å²) in [5.41, 5.74) is 2.13. The van der Waals surface area contributed by atoms with Crippen molar-refractivity contribution in [2.45, 2.75) is 19.3 Å². The van der Waals surface area contributed by atoms with Crippen LogP contribution < -0.4 is 9.47 Å². The van der Waals surface area contributed by atoms with E-state index in [9.17, 15) is 13.2 Å². The van der Waals surface area contributed by atoms with E-state index in [0.29, 0.717) is 50.8 Å². The zero-order valence-electron chi connectivity index (χ0n) is 16.2. The molecule has 0 saturated carbocycles. The van der Waals surface area contributed by atoms with Gasteiger partial charge >= 0.3 is 6.18 Å². The zero-order chi connectivity index (χ0) is 20.9. The van der Waals surface area contributed by atoms with Gasteiger partial charge in [0.25, 0.3) is 0 Å². The Labute approximate surface area is 182 Å². The van der Waals surface area contributed by atoms with E-state index in [1.165, 1.54) is 4.90 Å². The second-order valence-electron chi connectivity index (χ2n) is 7.05. The highest BCUT2D eigenvalue weighted by atomic mass is 127. The Balaban J connectivity index is 1.60. The summed E-state index contributed by atoms with van der Waals surface area (Å²) >= 11 is 2.23. The SMILES string of the molecule is COc1cc(CN2CCN(CC(F)(F)F)CC2)cc(I)c1OCc1ccccc1. The Kier molecular flexibility index (Phi) is 7.64. The van der Waals surface area contributed by atoms with Gasteiger partial charge < -0.3 is 9.47 Å². The minimum atomic E-state index is -4.14. The first kappa shape index (κ1) is 22.2. The molecule has 2 aromatic carbocycles. The highest BCUT2D eigenvalue weighted by molar-refractivity contribution is 14.1. The van der Waals surface area contributed by atoms with Crippen LogP contribution in [0.2, 0.25) is 0 Å². The molecule has 0 atom stereocenters. The van der Waals surface area contributed by atoms with Crippen LogP contribution in [0.1, 0.15) is 11.1 Å². The molecule has 1 aliphatic heterocycles. The van der Waals surface area contributed by atoms with Crippen molar-refractivity contribution in [2.24, 2.45) is 0 Å². The molecule has 158 valence electrons. The van der Waals surface area contributed by atoms with Crippen LogP contribution in [0.5, 0.6) is 11.5 Å². The third-order valence-electron chi connectivity index (χ3n) is 4.79. The van der Waals surface area contributed by atoms with Crippen LogP contribution in [0.3, 0.4) is 0 Å². The third kappa shape index (κ3) is 6.75. The summed E-state index contributed by atoms with van der Waals surface area (Å²) in [4.78, 5) is 3.63. The van der Waals surface area contributed by atoms with Gasteiger partial charge in [-0.25, -0.2) is 0 Å². The average molecular weight is 520 g/mol. The molecular formula is C21H24F3IN2O2. The largest absolute Gasteiger partial charge is 0.493 e. The summed E-state index contributed by atoms with van der Waals surface area (Å²) in [6.07, 6.45) is -4.14. The number of halogens is 4. The maximum atomic E-state index is 12.5. The number of nitrogens with zero attached hydrogens (tertiary/aromatic N) is 2. The van der Waals surface area contributed by atoms with Crippen LogP contribution in [0.15, 0.2) is 42.5 Å². The van der Waals surface area contributed by atoms with Crippen LogP contribution in [-0.4, -0.2) is 55.8 Å². The molecule has 1 saturated heterocycles. The summed E-state index contributed by atoms with van der Waals surface area (Å²) < 4.78 is 50.1. The molecule has 1 heterocycles. The molecule has 0 spiro atoms. The summed E-state index contributed by atoms with van der Waals surface area (Å²) in [5, 5.41) is 0. The summed E-state index contributed by atoms with van der Waals surface area (Å²) in [7, 11) is 1.61. The number of benzene rings is 2. The lowest BCUT2D eigenvalue weighted by Crippen LogP contribution is -2.48. The number of alkyl halides is 3. The number of hydrogen-bond acceptors (Lipinski definition) is 4. The summed E-state index contributed by atoms with van der Waals surface area (Å²) in [6.45, 7) is 2.36. The normalized spacial score (nSPS) is 16.0. The molecule has 0 N–H and O–H groups in total. The molecular weight excluding hydrogens is 496 g/mol. The minimum Gasteiger partial charge on any atom is -0.493 e. The molecule has 3 rings (SSSR count). The van der Waals surface area contributed by atoms with Gasteiger partial charge in [-0.05, 0) is 45.9 Å². The fourth-order valence-electron chi connectivity index (χ4n) is 3.35. The lowest BCUT2D eigenvalue weighted by Gasteiger charge is -2.35. The minimum absolute atomic E-state index is 0.423. The van der Waals surface area contributed by atoms with Gasteiger partial charge in [0.15, 0.2) is 11.5 Å². The molecule has 1 fully saturated rings. The van der Waals surface area contributed by atoms with Crippen LogP contribution >= 0.6 is 22.6 Å². The number of methoxy groups -OCH3 is 1. The molecule has 29 heavy (non-hydrogen) atoms. The van der Waals surface area contributed by atoms with Crippen LogP contribution in [0, 0.1) is 3.57 Å². The highest BCUT2D eigenvalue weighted by Gasteiger charge is 2.32. The molecule has 4 nitrogen and oxygen atoms in total. The number of rotatable bonds is 7. The molecule has 8 heteroatoms. The Hall–Kier alpha value is -1.52. The smallest absolute Gasteiger partial charge is 0.401 e. The Morgan fingerprint density at radius 2 is 1.62 bits per heavy atom. The van der Waals surface area contributed by atoms with Crippen molar-refractivity contribution in [3.8, 4) is 11.5 Å². The first-order valence-corrected chi connectivity index (χ1v) is 10.5. The van der Waals surface area contributed by atoms with Crippen molar-refractivity contribution in [2.75, 3.05) is 39.8 Å². The Bertz CT molecular complexity index is 795. The van der Waals surface area contributed by atoms with Gasteiger partial charge in [0, 0.05) is 32.7 Å². The maximum Gasteiger partial charge on any atom is 0.401 e. The lowest BCUT2D eigenvalue weighted by molar-refractivity contribution is -0.149. The van der Waals surface area contributed by atoms with E-state index in [1.54, 1.807) is 7.11 Å². The standard InChI is InChI=1S/C21H24F3IN2O2/c1-28-19-12-17(13-26-7-9-27(10-8-26)15-21(22,23)24)11-18(25)20(19)29-14-16-5-3-2-4-6-16/h2-6,11-12H,7-10,13-15H2,1H3. The topological polar surface area (TPSA) is 24.9 Å². The molecule has 2 aromatic rings. The first-order valence-electron chi connectivity index (χ1n) is 9.38. The van der Waals surface area contributed by atoms with Crippen molar-refractivity contribution < 1.29 is 22.6 Å². The third-order valence-corrected chi connectivity index (χ3v) is 5.59. The quantitative estimate of drug-likeness (QED) is 0.500. The first-order chi connectivity index (χ1) is 13.8. The van der Waals surface area contributed by atoms with Crippen LogP contribution in [0.25, 0.3) is 0 Å². The molecule has 0 aromatic heterocycles. The van der Waals surface area contributed by atoms with Gasteiger partial charge in [-0.3, -0.25) is 9.80 Å². The maximum absolute atomic E-state index is 12.5. The van der Waals surface area contributed by atoms with Gasteiger partial charge in [-0.2, -0.15) is 13.2 Å². The molecule has 0 amide bonds. The van der Waals surface area contributed by atoms with Crippen LogP contribution in [0.4, 0.5) is 13.2 Å². The van der Waals surface area contributed by atoms with E-state index in [4.69, 9.17) is 9.47 Å². The van der Waals surface area contributed by atoms with Gasteiger partial charge in [0.05, 0.1) is 17.2 Å². The van der Waals surface area contributed by atoms with Gasteiger partial charge in [0.1, 0.15) is 6.61 Å². The number of ether oxygens (including phenoxy) is 2. The summed E-state index contributed by atoms with van der Waals surface area (Å²) in [5.74, 6) is 1.37. The van der Waals surface area contributed by atoms with Crippen LogP contribution in [-0.2, 0) is 13.2 Å².